The van der Waals surface area contributed by atoms with Crippen molar-refractivity contribution >= 4 is 12.0 Å². The van der Waals surface area contributed by atoms with Crippen LogP contribution in [0.25, 0.3) is 0 Å². The van der Waals surface area contributed by atoms with Gasteiger partial charge in [-0.2, -0.15) is 0 Å². The van der Waals surface area contributed by atoms with Crippen molar-refractivity contribution in [3.8, 4) is 0 Å². The van der Waals surface area contributed by atoms with E-state index in [9.17, 15) is 18.4 Å². The maximum absolute atomic E-state index is 12.9. The molecule has 0 aromatic heterocycles. The van der Waals surface area contributed by atoms with E-state index in [2.05, 4.69) is 10.6 Å². The summed E-state index contributed by atoms with van der Waals surface area (Å²) in [7, 11) is 0. The molecule has 0 fully saturated rings. The molecule has 0 bridgehead atoms. The smallest absolute Gasteiger partial charge is 0.338 e. The number of benzene rings is 1. The van der Waals surface area contributed by atoms with Crippen molar-refractivity contribution in [2.45, 2.75) is 13.3 Å². The van der Waals surface area contributed by atoms with Gasteiger partial charge in [-0.3, -0.25) is 0 Å². The third-order valence-corrected chi connectivity index (χ3v) is 2.28. The van der Waals surface area contributed by atoms with E-state index in [0.717, 1.165) is 12.1 Å². The van der Waals surface area contributed by atoms with Crippen LogP contribution < -0.4 is 10.6 Å². The minimum absolute atomic E-state index is 0.0450. The summed E-state index contributed by atoms with van der Waals surface area (Å²) in [6, 6.07) is 2.18. The molecule has 1 rings (SSSR count). The number of hydrogen-bond donors (Lipinski definition) is 2. The summed E-state index contributed by atoms with van der Waals surface area (Å²) in [4.78, 5) is 22.5. The molecule has 0 spiro atoms. The van der Waals surface area contributed by atoms with E-state index in [4.69, 9.17) is 4.74 Å². The number of carbonyl (C=O) groups is 2. The van der Waals surface area contributed by atoms with Gasteiger partial charge in [-0.1, -0.05) is 0 Å². The molecule has 0 aliphatic rings. The number of halogens is 2. The van der Waals surface area contributed by atoms with E-state index in [-0.39, 0.29) is 18.2 Å². The molecule has 110 valence electrons. The molecule has 0 aliphatic carbocycles. The first kappa shape index (κ1) is 15.9. The van der Waals surface area contributed by atoms with Gasteiger partial charge in [-0.25, -0.2) is 18.4 Å². The summed E-state index contributed by atoms with van der Waals surface area (Å²) in [5.74, 6) is -2.48. The van der Waals surface area contributed by atoms with Crippen LogP contribution in [0.1, 0.15) is 23.7 Å². The quantitative estimate of drug-likeness (QED) is 0.619. The average molecular weight is 286 g/mol. The normalized spacial score (nSPS) is 9.95. The van der Waals surface area contributed by atoms with Gasteiger partial charge in [0.25, 0.3) is 0 Å². The molecule has 0 unspecified atom stereocenters. The molecule has 20 heavy (non-hydrogen) atoms. The van der Waals surface area contributed by atoms with Crippen LogP contribution in [-0.2, 0) is 4.74 Å². The van der Waals surface area contributed by atoms with Crippen molar-refractivity contribution < 1.29 is 23.1 Å². The molecule has 0 saturated heterocycles. The number of carbonyl (C=O) groups excluding carboxylic acids is 2. The van der Waals surface area contributed by atoms with Gasteiger partial charge in [0.2, 0.25) is 0 Å². The van der Waals surface area contributed by atoms with E-state index >= 15 is 0 Å². The molecule has 7 heteroatoms. The molecule has 0 saturated carbocycles. The summed E-state index contributed by atoms with van der Waals surface area (Å²) < 4.78 is 30.6. The molecule has 5 nitrogen and oxygen atoms in total. The second kappa shape index (κ2) is 8.08. The van der Waals surface area contributed by atoms with Crippen molar-refractivity contribution in [3.05, 3.63) is 35.4 Å². The zero-order valence-electron chi connectivity index (χ0n) is 11.0. The fraction of sp³-hybridized carbons (Fsp3) is 0.385. The lowest BCUT2D eigenvalue weighted by atomic mass is 10.2. The molecule has 0 radical (unpaired) electrons. The lowest BCUT2D eigenvalue weighted by Gasteiger charge is -2.07. The Balaban J connectivity index is 2.28. The summed E-state index contributed by atoms with van der Waals surface area (Å²) in [6.07, 6.45) is 0.403. The molecule has 0 atom stereocenters. The predicted octanol–water partition coefficient (Wildman–Crippen LogP) is 1.83. The topological polar surface area (TPSA) is 67.4 Å². The Hall–Kier alpha value is -2.18. The first-order chi connectivity index (χ1) is 9.52. The average Bonchev–Trinajstić information content (AvgIpc) is 2.37. The third-order valence-electron chi connectivity index (χ3n) is 2.28. The zero-order valence-corrected chi connectivity index (χ0v) is 11.0. The maximum atomic E-state index is 12.9. The minimum Gasteiger partial charge on any atom is -0.462 e. The fourth-order valence-electron chi connectivity index (χ4n) is 1.42. The van der Waals surface area contributed by atoms with Gasteiger partial charge in [0, 0.05) is 19.2 Å². The Morgan fingerprint density at radius 1 is 1.15 bits per heavy atom. The molecule has 1 aromatic carbocycles. The van der Waals surface area contributed by atoms with Gasteiger partial charge in [-0.15, -0.1) is 0 Å². The Bertz CT molecular complexity index is 460. The Morgan fingerprint density at radius 2 is 1.80 bits per heavy atom. The van der Waals surface area contributed by atoms with Crippen LogP contribution in [0.15, 0.2) is 18.2 Å². The van der Waals surface area contributed by atoms with Crippen molar-refractivity contribution in [1.29, 1.82) is 0 Å². The fourth-order valence-corrected chi connectivity index (χ4v) is 1.42. The van der Waals surface area contributed by atoms with Gasteiger partial charge in [0.15, 0.2) is 0 Å². The first-order valence-electron chi connectivity index (χ1n) is 6.18. The predicted molar refractivity (Wildman–Crippen MR) is 68.3 cm³/mol. The van der Waals surface area contributed by atoms with Crippen LogP contribution in [-0.4, -0.2) is 31.7 Å². The molecular weight excluding hydrogens is 270 g/mol. The first-order valence-corrected chi connectivity index (χ1v) is 6.18. The summed E-state index contributed by atoms with van der Waals surface area (Å²) in [5.41, 5.74) is -0.181. The van der Waals surface area contributed by atoms with E-state index < -0.39 is 17.6 Å². The van der Waals surface area contributed by atoms with Crippen LogP contribution in [0, 0.1) is 11.6 Å². The van der Waals surface area contributed by atoms with Crippen molar-refractivity contribution in [2.24, 2.45) is 0 Å². The van der Waals surface area contributed by atoms with Crippen LogP contribution >= 0.6 is 0 Å². The highest BCUT2D eigenvalue weighted by Crippen LogP contribution is 2.09. The SMILES string of the molecule is CCNC(=O)NCCCOC(=O)c1cc(F)cc(F)c1. The standard InChI is InChI=1S/C13H16F2N2O3/c1-2-16-13(19)17-4-3-5-20-12(18)9-6-10(14)8-11(15)7-9/h6-8H,2-5H2,1H3,(H2,16,17,19). The van der Waals surface area contributed by atoms with Gasteiger partial charge in [0.1, 0.15) is 11.6 Å². The lowest BCUT2D eigenvalue weighted by molar-refractivity contribution is 0.0500. The largest absolute Gasteiger partial charge is 0.462 e. The number of ether oxygens (including phenoxy) is 1. The number of amides is 2. The molecule has 2 N–H and O–H groups in total. The third kappa shape index (κ3) is 5.64. The number of hydrogen-bond acceptors (Lipinski definition) is 3. The highest BCUT2D eigenvalue weighted by molar-refractivity contribution is 5.89. The highest BCUT2D eigenvalue weighted by atomic mass is 19.1. The van der Waals surface area contributed by atoms with E-state index in [0.29, 0.717) is 25.6 Å². The van der Waals surface area contributed by atoms with Crippen molar-refractivity contribution in [1.82, 2.24) is 10.6 Å². The Kier molecular flexibility index (Phi) is 6.42. The zero-order chi connectivity index (χ0) is 15.0. The van der Waals surface area contributed by atoms with Gasteiger partial charge in [-0.05, 0) is 25.5 Å². The van der Waals surface area contributed by atoms with Crippen molar-refractivity contribution in [3.63, 3.8) is 0 Å². The van der Waals surface area contributed by atoms with E-state index in [1.165, 1.54) is 0 Å². The number of esters is 1. The monoisotopic (exact) mass is 286 g/mol. The van der Waals surface area contributed by atoms with Crippen LogP contribution in [0.5, 0.6) is 0 Å². The molecule has 1 aromatic rings. The Morgan fingerprint density at radius 3 is 2.40 bits per heavy atom. The van der Waals surface area contributed by atoms with Crippen LogP contribution in [0.2, 0.25) is 0 Å². The van der Waals surface area contributed by atoms with Crippen LogP contribution in [0.3, 0.4) is 0 Å². The molecule has 0 aliphatic heterocycles. The van der Waals surface area contributed by atoms with Crippen molar-refractivity contribution in [2.75, 3.05) is 19.7 Å². The second-order valence-corrected chi connectivity index (χ2v) is 3.93. The molecule has 0 heterocycles. The summed E-state index contributed by atoms with van der Waals surface area (Å²) in [5, 5.41) is 5.10. The second-order valence-electron chi connectivity index (χ2n) is 3.93. The maximum Gasteiger partial charge on any atom is 0.338 e. The van der Waals surface area contributed by atoms with Gasteiger partial charge in [0.05, 0.1) is 12.2 Å². The summed E-state index contributed by atoms with van der Waals surface area (Å²) >= 11 is 0. The Labute approximate surface area is 115 Å². The summed E-state index contributed by atoms with van der Waals surface area (Å²) in [6.45, 7) is 2.69. The number of urea groups is 1. The van der Waals surface area contributed by atoms with E-state index in [1.54, 1.807) is 6.92 Å². The van der Waals surface area contributed by atoms with E-state index in [1.807, 2.05) is 0 Å². The molecule has 2 amide bonds. The highest BCUT2D eigenvalue weighted by Gasteiger charge is 2.10. The number of nitrogens with one attached hydrogen (secondary N) is 2. The van der Waals surface area contributed by atoms with Gasteiger partial charge >= 0.3 is 12.0 Å². The molecular formula is C13H16F2N2O3. The lowest BCUT2D eigenvalue weighted by Crippen LogP contribution is -2.36. The van der Waals surface area contributed by atoms with Gasteiger partial charge < -0.3 is 15.4 Å². The minimum atomic E-state index is -0.838. The number of rotatable bonds is 6. The van der Waals surface area contributed by atoms with Crippen LogP contribution in [0.4, 0.5) is 13.6 Å².